The highest BCUT2D eigenvalue weighted by atomic mass is 16.5. The summed E-state index contributed by atoms with van der Waals surface area (Å²) in [5.74, 6) is 1.58. The average Bonchev–Trinajstić information content (AvgIpc) is 2.87. The number of fused-ring (bicyclic) bond motifs is 1. The van der Waals surface area contributed by atoms with Crippen LogP contribution in [0.3, 0.4) is 0 Å². The van der Waals surface area contributed by atoms with Crippen molar-refractivity contribution in [2.24, 2.45) is 5.73 Å². The van der Waals surface area contributed by atoms with Crippen molar-refractivity contribution in [3.63, 3.8) is 0 Å². The fraction of sp³-hybridized carbons (Fsp3) is 0.333. The maximum Gasteiger partial charge on any atom is 0.122 e. The average molecular weight is 242 g/mol. The van der Waals surface area contributed by atoms with Crippen molar-refractivity contribution in [1.82, 2.24) is 4.57 Å². The van der Waals surface area contributed by atoms with Crippen molar-refractivity contribution in [1.29, 1.82) is 0 Å². The van der Waals surface area contributed by atoms with Gasteiger partial charge in [0.2, 0.25) is 0 Å². The van der Waals surface area contributed by atoms with Gasteiger partial charge in [0.1, 0.15) is 5.75 Å². The van der Waals surface area contributed by atoms with Crippen molar-refractivity contribution < 1.29 is 4.74 Å². The maximum atomic E-state index is 5.69. The third-order valence-electron chi connectivity index (χ3n) is 3.56. The summed E-state index contributed by atoms with van der Waals surface area (Å²) in [5, 5.41) is 0. The van der Waals surface area contributed by atoms with Gasteiger partial charge in [-0.2, -0.15) is 0 Å². The van der Waals surface area contributed by atoms with Gasteiger partial charge in [0.25, 0.3) is 0 Å². The molecule has 1 unspecified atom stereocenters. The van der Waals surface area contributed by atoms with E-state index < -0.39 is 0 Å². The Morgan fingerprint density at radius 1 is 1.28 bits per heavy atom. The van der Waals surface area contributed by atoms with Crippen LogP contribution in [-0.2, 0) is 13.1 Å². The van der Waals surface area contributed by atoms with Crippen LogP contribution in [0.25, 0.3) is 0 Å². The lowest BCUT2D eigenvalue weighted by Crippen LogP contribution is -2.18. The summed E-state index contributed by atoms with van der Waals surface area (Å²) in [7, 11) is 0. The normalized spacial score (nSPS) is 18.2. The minimum atomic E-state index is 0.535. The Balaban J connectivity index is 1.81. The van der Waals surface area contributed by atoms with E-state index in [1.807, 2.05) is 6.07 Å². The molecule has 3 rings (SSSR count). The Labute approximate surface area is 107 Å². The van der Waals surface area contributed by atoms with Crippen LogP contribution in [-0.4, -0.2) is 11.2 Å². The fourth-order valence-electron chi connectivity index (χ4n) is 2.58. The second-order valence-corrected chi connectivity index (χ2v) is 4.79. The van der Waals surface area contributed by atoms with Crippen LogP contribution in [0.5, 0.6) is 5.75 Å². The van der Waals surface area contributed by atoms with E-state index in [0.717, 1.165) is 25.3 Å². The zero-order chi connectivity index (χ0) is 12.4. The molecule has 1 aliphatic heterocycles. The Hall–Kier alpha value is -1.74. The molecule has 3 heteroatoms. The van der Waals surface area contributed by atoms with E-state index in [1.54, 1.807) is 0 Å². The molecule has 1 aromatic carbocycles. The number of para-hydroxylation sites is 1. The fourth-order valence-corrected chi connectivity index (χ4v) is 2.58. The second-order valence-electron chi connectivity index (χ2n) is 4.79. The van der Waals surface area contributed by atoms with E-state index in [1.165, 1.54) is 11.1 Å². The van der Waals surface area contributed by atoms with Gasteiger partial charge in [-0.3, -0.25) is 0 Å². The van der Waals surface area contributed by atoms with Gasteiger partial charge in [0.15, 0.2) is 0 Å². The van der Waals surface area contributed by atoms with Crippen LogP contribution in [0.1, 0.15) is 23.5 Å². The summed E-state index contributed by atoms with van der Waals surface area (Å²) >= 11 is 0. The Kier molecular flexibility index (Phi) is 3.07. The number of nitrogens with two attached hydrogens (primary N) is 1. The molecule has 0 saturated heterocycles. The molecule has 0 radical (unpaired) electrons. The van der Waals surface area contributed by atoms with Crippen LogP contribution in [0.2, 0.25) is 0 Å². The molecule has 1 aromatic heterocycles. The molecule has 94 valence electrons. The quantitative estimate of drug-likeness (QED) is 0.898. The smallest absolute Gasteiger partial charge is 0.122 e. The lowest BCUT2D eigenvalue weighted by Gasteiger charge is -2.26. The molecule has 0 aliphatic carbocycles. The standard InChI is InChI=1S/C15H18N2O/c16-9-12-5-7-17(10-12)11-13-6-8-18-15-4-2-1-3-14(13)15/h1-5,7,10,13H,6,8-9,11,16H2. The van der Waals surface area contributed by atoms with E-state index in [-0.39, 0.29) is 0 Å². The van der Waals surface area contributed by atoms with Gasteiger partial charge in [-0.15, -0.1) is 0 Å². The number of ether oxygens (including phenoxy) is 1. The van der Waals surface area contributed by atoms with Gasteiger partial charge < -0.3 is 15.0 Å². The number of nitrogens with zero attached hydrogens (tertiary/aromatic N) is 1. The first kappa shape index (κ1) is 11.4. The highest BCUT2D eigenvalue weighted by molar-refractivity contribution is 5.37. The van der Waals surface area contributed by atoms with Crippen molar-refractivity contribution in [2.75, 3.05) is 6.61 Å². The number of hydrogen-bond acceptors (Lipinski definition) is 2. The molecule has 18 heavy (non-hydrogen) atoms. The minimum absolute atomic E-state index is 0.535. The zero-order valence-electron chi connectivity index (χ0n) is 10.4. The van der Waals surface area contributed by atoms with Crippen molar-refractivity contribution >= 4 is 0 Å². The molecule has 1 aliphatic rings. The summed E-state index contributed by atoms with van der Waals surface area (Å²) in [5.41, 5.74) is 8.16. The first-order valence-corrected chi connectivity index (χ1v) is 6.43. The SMILES string of the molecule is NCc1ccn(CC2CCOc3ccccc32)c1. The monoisotopic (exact) mass is 242 g/mol. The Bertz CT molecular complexity index is 533. The lowest BCUT2D eigenvalue weighted by molar-refractivity contribution is 0.259. The highest BCUT2D eigenvalue weighted by Gasteiger charge is 2.21. The Morgan fingerprint density at radius 3 is 3.00 bits per heavy atom. The van der Waals surface area contributed by atoms with Gasteiger partial charge in [0.05, 0.1) is 6.61 Å². The van der Waals surface area contributed by atoms with E-state index in [4.69, 9.17) is 10.5 Å². The molecule has 0 amide bonds. The molecule has 2 heterocycles. The second kappa shape index (κ2) is 4.86. The molecular weight excluding hydrogens is 224 g/mol. The first-order valence-electron chi connectivity index (χ1n) is 6.43. The van der Waals surface area contributed by atoms with Crippen LogP contribution in [0.15, 0.2) is 42.7 Å². The minimum Gasteiger partial charge on any atom is -0.493 e. The number of rotatable bonds is 3. The van der Waals surface area contributed by atoms with Gasteiger partial charge >= 0.3 is 0 Å². The van der Waals surface area contributed by atoms with E-state index in [2.05, 4.69) is 41.2 Å². The highest BCUT2D eigenvalue weighted by Crippen LogP contribution is 2.34. The third kappa shape index (κ3) is 2.14. The van der Waals surface area contributed by atoms with Gasteiger partial charge in [0, 0.05) is 31.4 Å². The van der Waals surface area contributed by atoms with Gasteiger partial charge in [-0.05, 0) is 29.7 Å². The van der Waals surface area contributed by atoms with Crippen molar-refractivity contribution in [3.05, 3.63) is 53.9 Å². The lowest BCUT2D eigenvalue weighted by atomic mass is 9.93. The Morgan fingerprint density at radius 2 is 2.17 bits per heavy atom. The van der Waals surface area contributed by atoms with Crippen LogP contribution in [0.4, 0.5) is 0 Å². The molecule has 0 bridgehead atoms. The maximum absolute atomic E-state index is 5.69. The van der Waals surface area contributed by atoms with Crippen molar-refractivity contribution in [3.8, 4) is 5.75 Å². The topological polar surface area (TPSA) is 40.2 Å². The van der Waals surface area contributed by atoms with Crippen LogP contribution >= 0.6 is 0 Å². The van der Waals surface area contributed by atoms with Gasteiger partial charge in [-0.1, -0.05) is 18.2 Å². The largest absolute Gasteiger partial charge is 0.493 e. The summed E-state index contributed by atoms with van der Waals surface area (Å²) < 4.78 is 7.92. The van der Waals surface area contributed by atoms with Crippen molar-refractivity contribution in [2.45, 2.75) is 25.4 Å². The van der Waals surface area contributed by atoms with Crippen LogP contribution in [0, 0.1) is 0 Å². The summed E-state index contributed by atoms with van der Waals surface area (Å²) in [6, 6.07) is 10.4. The molecule has 1 atom stereocenters. The predicted octanol–water partition coefficient (Wildman–Crippen LogP) is 2.51. The number of aromatic nitrogens is 1. The molecule has 0 fully saturated rings. The summed E-state index contributed by atoms with van der Waals surface area (Å²) in [6.45, 7) is 2.42. The van der Waals surface area contributed by atoms with Gasteiger partial charge in [-0.25, -0.2) is 0 Å². The number of benzene rings is 1. The summed E-state index contributed by atoms with van der Waals surface area (Å²) in [6.07, 6.45) is 5.32. The molecule has 2 N–H and O–H groups in total. The first-order chi connectivity index (χ1) is 8.86. The van der Waals surface area contributed by atoms with E-state index in [0.29, 0.717) is 12.5 Å². The zero-order valence-corrected chi connectivity index (χ0v) is 10.4. The molecule has 2 aromatic rings. The molecule has 0 saturated carbocycles. The third-order valence-corrected chi connectivity index (χ3v) is 3.56. The van der Waals surface area contributed by atoms with E-state index >= 15 is 0 Å². The van der Waals surface area contributed by atoms with Crippen LogP contribution < -0.4 is 10.5 Å². The number of hydrogen-bond donors (Lipinski definition) is 1. The predicted molar refractivity (Wildman–Crippen MR) is 71.6 cm³/mol. The molecular formula is C15H18N2O. The molecule has 3 nitrogen and oxygen atoms in total. The van der Waals surface area contributed by atoms with E-state index in [9.17, 15) is 0 Å². The molecule has 0 spiro atoms. The summed E-state index contributed by atoms with van der Waals surface area (Å²) in [4.78, 5) is 0.